The van der Waals surface area contributed by atoms with Gasteiger partial charge in [-0.05, 0) is 6.42 Å². The van der Waals surface area contributed by atoms with E-state index in [0.717, 1.165) is 0 Å². The number of carboxylic acids is 1. The fourth-order valence-electron chi connectivity index (χ4n) is 3.36. The molecule has 0 aromatic rings. The Labute approximate surface area is 79.7 Å². The number of esters is 1. The summed E-state index contributed by atoms with van der Waals surface area (Å²) >= 11 is 0. The first-order valence-electron chi connectivity index (χ1n) is 4.72. The van der Waals surface area contributed by atoms with E-state index in [1.165, 1.54) is 0 Å². The second kappa shape index (κ2) is 2.28. The zero-order valence-electron chi connectivity index (χ0n) is 7.29. The molecule has 3 fully saturated rings. The number of carbonyl (C=O) groups is 2. The predicted octanol–water partition coefficient (Wildman–Crippen LogP) is -0.761. The Hall–Kier alpha value is -1.10. The van der Waals surface area contributed by atoms with Crippen molar-refractivity contribution in [2.24, 2.45) is 23.7 Å². The maximum absolute atomic E-state index is 11.4. The summed E-state index contributed by atoms with van der Waals surface area (Å²) in [4.78, 5) is 22.3. The molecule has 6 atom stereocenters. The minimum atomic E-state index is -0.987. The van der Waals surface area contributed by atoms with E-state index < -0.39 is 36.0 Å². The van der Waals surface area contributed by atoms with Gasteiger partial charge in [-0.15, -0.1) is 0 Å². The second-order valence-electron chi connectivity index (χ2n) is 4.35. The molecule has 76 valence electrons. The highest BCUT2D eigenvalue weighted by Gasteiger charge is 2.68. The van der Waals surface area contributed by atoms with Crippen molar-refractivity contribution >= 4 is 11.9 Å². The van der Waals surface area contributed by atoms with Gasteiger partial charge in [-0.25, -0.2) is 0 Å². The number of aliphatic carboxylic acids is 1. The monoisotopic (exact) mass is 198 g/mol. The van der Waals surface area contributed by atoms with Crippen LogP contribution in [0.2, 0.25) is 0 Å². The lowest BCUT2D eigenvalue weighted by atomic mass is 9.79. The summed E-state index contributed by atoms with van der Waals surface area (Å²) in [7, 11) is 0. The van der Waals surface area contributed by atoms with E-state index in [1.807, 2.05) is 0 Å². The summed E-state index contributed by atoms with van der Waals surface area (Å²) in [5, 5.41) is 18.7. The minimum absolute atomic E-state index is 0.0661. The Bertz CT molecular complexity index is 325. The predicted molar refractivity (Wildman–Crippen MR) is 42.1 cm³/mol. The van der Waals surface area contributed by atoms with Gasteiger partial charge in [-0.1, -0.05) is 0 Å². The molecule has 1 heterocycles. The number of aliphatic hydroxyl groups excluding tert-OH is 1. The van der Waals surface area contributed by atoms with Crippen molar-refractivity contribution in [1.29, 1.82) is 0 Å². The number of ether oxygens (including phenoxy) is 1. The molecule has 0 aromatic carbocycles. The number of hydrogen-bond acceptors (Lipinski definition) is 4. The highest BCUT2D eigenvalue weighted by Crippen LogP contribution is 2.57. The van der Waals surface area contributed by atoms with E-state index in [2.05, 4.69) is 0 Å². The van der Waals surface area contributed by atoms with Gasteiger partial charge in [-0.3, -0.25) is 9.59 Å². The number of fused-ring (bicyclic) bond motifs is 1. The van der Waals surface area contributed by atoms with Crippen LogP contribution in [0.1, 0.15) is 6.42 Å². The van der Waals surface area contributed by atoms with Crippen LogP contribution in [0.3, 0.4) is 0 Å². The van der Waals surface area contributed by atoms with Crippen molar-refractivity contribution in [3.8, 4) is 0 Å². The van der Waals surface area contributed by atoms with E-state index in [1.54, 1.807) is 0 Å². The third kappa shape index (κ3) is 0.706. The van der Waals surface area contributed by atoms with Gasteiger partial charge in [0.15, 0.2) is 0 Å². The molecule has 0 radical (unpaired) electrons. The maximum atomic E-state index is 11.4. The first-order valence-corrected chi connectivity index (χ1v) is 4.72. The Kier molecular flexibility index (Phi) is 1.34. The first-order chi connectivity index (χ1) is 6.61. The van der Waals surface area contributed by atoms with Gasteiger partial charge in [0, 0.05) is 11.8 Å². The number of aliphatic hydroxyl groups is 1. The molecule has 2 saturated carbocycles. The van der Waals surface area contributed by atoms with E-state index in [0.29, 0.717) is 6.42 Å². The molecule has 2 N–H and O–H groups in total. The molecule has 1 saturated heterocycles. The summed E-state index contributed by atoms with van der Waals surface area (Å²) in [5.41, 5.74) is 0. The molecular weight excluding hydrogens is 188 g/mol. The molecule has 0 unspecified atom stereocenters. The molecule has 0 amide bonds. The SMILES string of the molecule is O=C1O[C@@H]2[C@@H](O)[C@H]3C[C@@H]2[C@@H]1[C@H]3C(=O)O. The van der Waals surface area contributed by atoms with Gasteiger partial charge in [0.2, 0.25) is 0 Å². The van der Waals surface area contributed by atoms with Gasteiger partial charge < -0.3 is 14.9 Å². The van der Waals surface area contributed by atoms with Crippen LogP contribution in [0.25, 0.3) is 0 Å². The lowest BCUT2D eigenvalue weighted by molar-refractivity contribution is -0.151. The molecule has 5 heteroatoms. The fourth-order valence-corrected chi connectivity index (χ4v) is 3.36. The van der Waals surface area contributed by atoms with Crippen LogP contribution >= 0.6 is 0 Å². The third-order valence-electron chi connectivity index (χ3n) is 3.86. The Morgan fingerprint density at radius 1 is 1.43 bits per heavy atom. The second-order valence-corrected chi connectivity index (χ2v) is 4.35. The van der Waals surface area contributed by atoms with Gasteiger partial charge in [0.1, 0.15) is 6.10 Å². The number of rotatable bonds is 1. The van der Waals surface area contributed by atoms with Crippen molar-refractivity contribution in [2.45, 2.75) is 18.6 Å². The molecule has 2 bridgehead atoms. The molecule has 2 aliphatic carbocycles. The van der Waals surface area contributed by atoms with Crippen molar-refractivity contribution in [3.05, 3.63) is 0 Å². The average Bonchev–Trinajstić information content (AvgIpc) is 2.67. The van der Waals surface area contributed by atoms with Gasteiger partial charge >= 0.3 is 11.9 Å². The highest BCUT2D eigenvalue weighted by atomic mass is 16.6. The van der Waals surface area contributed by atoms with E-state index in [4.69, 9.17) is 9.84 Å². The molecule has 1 aliphatic heterocycles. The summed E-state index contributed by atoms with van der Waals surface area (Å²) in [6, 6.07) is 0. The molecule has 3 aliphatic rings. The van der Waals surface area contributed by atoms with Crippen LogP contribution in [0.5, 0.6) is 0 Å². The summed E-state index contributed by atoms with van der Waals surface area (Å²) in [6.07, 6.45) is -0.601. The number of carbonyl (C=O) groups excluding carboxylic acids is 1. The molecule has 0 spiro atoms. The van der Waals surface area contributed by atoms with Gasteiger partial charge in [0.25, 0.3) is 0 Å². The highest BCUT2D eigenvalue weighted by molar-refractivity contribution is 5.85. The molecule has 3 rings (SSSR count). The van der Waals surface area contributed by atoms with Crippen LogP contribution < -0.4 is 0 Å². The van der Waals surface area contributed by atoms with E-state index in [-0.39, 0.29) is 11.8 Å². The normalized spacial score (nSPS) is 53.6. The Balaban J connectivity index is 2.04. The van der Waals surface area contributed by atoms with Gasteiger partial charge in [0.05, 0.1) is 17.9 Å². The van der Waals surface area contributed by atoms with Crippen LogP contribution in [-0.4, -0.2) is 34.4 Å². The standard InChI is InChI=1S/C9H10O5/c10-6-2-1-3-5(4(2)8(11)12)9(13)14-7(3)6/h2-7,10H,1H2,(H,11,12)/t2-,3+,4-,5+,6-,7-/m0/s1. The van der Waals surface area contributed by atoms with Crippen LogP contribution in [0.4, 0.5) is 0 Å². The van der Waals surface area contributed by atoms with E-state index in [9.17, 15) is 14.7 Å². The number of carboxylic acid groups (broad SMARTS) is 1. The largest absolute Gasteiger partial charge is 0.481 e. The molecular formula is C9H10O5. The first kappa shape index (κ1) is 8.23. The smallest absolute Gasteiger partial charge is 0.310 e. The topological polar surface area (TPSA) is 83.8 Å². The van der Waals surface area contributed by atoms with Crippen molar-refractivity contribution in [1.82, 2.24) is 0 Å². The lowest BCUT2D eigenvalue weighted by Gasteiger charge is -2.25. The molecule has 0 aromatic heterocycles. The quantitative estimate of drug-likeness (QED) is 0.541. The molecule has 5 nitrogen and oxygen atoms in total. The fraction of sp³-hybridized carbons (Fsp3) is 0.778. The van der Waals surface area contributed by atoms with Crippen molar-refractivity contribution in [3.63, 3.8) is 0 Å². The Morgan fingerprint density at radius 3 is 2.79 bits per heavy atom. The van der Waals surface area contributed by atoms with E-state index >= 15 is 0 Å². The zero-order chi connectivity index (χ0) is 10.0. The summed E-state index contributed by atoms with van der Waals surface area (Å²) in [6.45, 7) is 0. The lowest BCUT2D eigenvalue weighted by Crippen LogP contribution is -2.40. The number of hydrogen-bond donors (Lipinski definition) is 2. The van der Waals surface area contributed by atoms with Crippen LogP contribution in [0.15, 0.2) is 0 Å². The van der Waals surface area contributed by atoms with Crippen LogP contribution in [-0.2, 0) is 14.3 Å². The van der Waals surface area contributed by atoms with Crippen molar-refractivity contribution < 1.29 is 24.5 Å². The maximum Gasteiger partial charge on any atom is 0.310 e. The molecule has 14 heavy (non-hydrogen) atoms. The van der Waals surface area contributed by atoms with Crippen molar-refractivity contribution in [2.75, 3.05) is 0 Å². The van der Waals surface area contributed by atoms with Gasteiger partial charge in [-0.2, -0.15) is 0 Å². The minimum Gasteiger partial charge on any atom is -0.481 e. The summed E-state index contributed by atoms with van der Waals surface area (Å²) < 4.78 is 4.98. The van der Waals surface area contributed by atoms with Crippen LogP contribution in [0, 0.1) is 23.7 Å². The average molecular weight is 198 g/mol. The summed E-state index contributed by atoms with van der Waals surface area (Å²) in [5.74, 6) is -3.03. The Morgan fingerprint density at radius 2 is 2.14 bits per heavy atom. The third-order valence-corrected chi connectivity index (χ3v) is 3.86. The zero-order valence-corrected chi connectivity index (χ0v) is 7.29.